The first-order chi connectivity index (χ1) is 6.86. The second kappa shape index (κ2) is 4.75. The second-order valence-corrected chi connectivity index (χ2v) is 3.94. The lowest BCUT2D eigenvalue weighted by Gasteiger charge is -2.22. The molecule has 0 bridgehead atoms. The van der Waals surface area contributed by atoms with Crippen molar-refractivity contribution >= 4 is 5.97 Å². The highest BCUT2D eigenvalue weighted by atomic mass is 16.5. The maximum Gasteiger partial charge on any atom is 0.309 e. The minimum Gasteiger partial charge on any atom is -0.461 e. The van der Waals surface area contributed by atoms with Crippen LogP contribution >= 0.6 is 0 Å². The van der Waals surface area contributed by atoms with Crippen molar-refractivity contribution in [1.29, 1.82) is 0 Å². The SMILES string of the molecule is O=C(O[C@@H]1CCNC1)C1CCOCC1. The number of ether oxygens (including phenoxy) is 2. The largest absolute Gasteiger partial charge is 0.461 e. The summed E-state index contributed by atoms with van der Waals surface area (Å²) in [5, 5.41) is 3.18. The van der Waals surface area contributed by atoms with Crippen molar-refractivity contribution in [3.8, 4) is 0 Å². The van der Waals surface area contributed by atoms with Gasteiger partial charge in [0.1, 0.15) is 6.10 Å². The van der Waals surface area contributed by atoms with Crippen LogP contribution in [0.15, 0.2) is 0 Å². The zero-order valence-corrected chi connectivity index (χ0v) is 8.33. The average Bonchev–Trinajstić information content (AvgIpc) is 2.72. The van der Waals surface area contributed by atoms with Crippen LogP contribution in [0.3, 0.4) is 0 Å². The summed E-state index contributed by atoms with van der Waals surface area (Å²) in [7, 11) is 0. The molecule has 0 spiro atoms. The Kier molecular flexibility index (Phi) is 3.37. The number of hydrogen-bond donors (Lipinski definition) is 1. The number of rotatable bonds is 2. The molecule has 0 aromatic heterocycles. The number of hydrogen-bond acceptors (Lipinski definition) is 4. The van der Waals surface area contributed by atoms with Crippen molar-refractivity contribution in [2.75, 3.05) is 26.3 Å². The Hall–Kier alpha value is -0.610. The monoisotopic (exact) mass is 199 g/mol. The van der Waals surface area contributed by atoms with Crippen LogP contribution in [0.1, 0.15) is 19.3 Å². The Balaban J connectivity index is 1.75. The van der Waals surface area contributed by atoms with E-state index in [4.69, 9.17) is 9.47 Å². The smallest absolute Gasteiger partial charge is 0.309 e. The molecule has 1 atom stereocenters. The molecule has 2 fully saturated rings. The van der Waals surface area contributed by atoms with E-state index >= 15 is 0 Å². The van der Waals surface area contributed by atoms with Crippen LogP contribution in [-0.2, 0) is 14.3 Å². The van der Waals surface area contributed by atoms with Gasteiger partial charge in [-0.15, -0.1) is 0 Å². The summed E-state index contributed by atoms with van der Waals surface area (Å²) >= 11 is 0. The Bertz CT molecular complexity index is 196. The van der Waals surface area contributed by atoms with Crippen LogP contribution in [0.5, 0.6) is 0 Å². The molecule has 80 valence electrons. The fraction of sp³-hybridized carbons (Fsp3) is 0.900. The van der Waals surface area contributed by atoms with Crippen LogP contribution < -0.4 is 5.32 Å². The van der Waals surface area contributed by atoms with Gasteiger partial charge in [0.15, 0.2) is 0 Å². The fourth-order valence-electron chi connectivity index (χ4n) is 1.92. The van der Waals surface area contributed by atoms with E-state index in [0.717, 1.165) is 32.4 Å². The first kappa shape index (κ1) is 9.93. The molecule has 0 unspecified atom stereocenters. The minimum absolute atomic E-state index is 0.0259. The van der Waals surface area contributed by atoms with Gasteiger partial charge in [0.05, 0.1) is 5.92 Å². The van der Waals surface area contributed by atoms with Gasteiger partial charge in [-0.05, 0) is 25.8 Å². The number of nitrogens with one attached hydrogen (secondary N) is 1. The molecule has 1 N–H and O–H groups in total. The summed E-state index contributed by atoms with van der Waals surface area (Å²) in [6, 6.07) is 0. The van der Waals surface area contributed by atoms with Crippen molar-refractivity contribution in [2.45, 2.75) is 25.4 Å². The molecule has 2 rings (SSSR count). The first-order valence-electron chi connectivity index (χ1n) is 5.35. The Morgan fingerprint density at radius 2 is 2.07 bits per heavy atom. The summed E-state index contributed by atoms with van der Waals surface area (Å²) in [6.07, 6.45) is 2.69. The van der Waals surface area contributed by atoms with E-state index in [1.54, 1.807) is 0 Å². The van der Waals surface area contributed by atoms with E-state index in [1.807, 2.05) is 0 Å². The van der Waals surface area contributed by atoms with Crippen LogP contribution in [0.25, 0.3) is 0 Å². The quantitative estimate of drug-likeness (QED) is 0.651. The molecule has 0 radical (unpaired) electrons. The van der Waals surface area contributed by atoms with E-state index in [-0.39, 0.29) is 18.0 Å². The summed E-state index contributed by atoms with van der Waals surface area (Å²) < 4.78 is 10.6. The van der Waals surface area contributed by atoms with Crippen LogP contribution in [-0.4, -0.2) is 38.4 Å². The van der Waals surface area contributed by atoms with Gasteiger partial charge in [-0.1, -0.05) is 0 Å². The third-order valence-corrected chi connectivity index (χ3v) is 2.85. The predicted octanol–water partition coefficient (Wildman–Crippen LogP) is 0.318. The standard InChI is InChI=1S/C10H17NO3/c12-10(8-2-5-13-6-3-8)14-9-1-4-11-7-9/h8-9,11H,1-7H2/t9-/m1/s1. The summed E-state index contributed by atoms with van der Waals surface area (Å²) in [5.41, 5.74) is 0. The molecule has 2 aliphatic rings. The Labute approximate surface area is 84.0 Å². The second-order valence-electron chi connectivity index (χ2n) is 3.94. The third-order valence-electron chi connectivity index (χ3n) is 2.85. The average molecular weight is 199 g/mol. The maximum absolute atomic E-state index is 11.6. The highest BCUT2D eigenvalue weighted by molar-refractivity contribution is 5.72. The van der Waals surface area contributed by atoms with Gasteiger partial charge in [-0.3, -0.25) is 4.79 Å². The zero-order valence-electron chi connectivity index (χ0n) is 8.33. The van der Waals surface area contributed by atoms with Gasteiger partial charge in [0, 0.05) is 19.8 Å². The molecule has 2 heterocycles. The van der Waals surface area contributed by atoms with Gasteiger partial charge >= 0.3 is 5.97 Å². The van der Waals surface area contributed by atoms with Crippen molar-refractivity contribution < 1.29 is 14.3 Å². The molecule has 2 saturated heterocycles. The number of carbonyl (C=O) groups excluding carboxylic acids is 1. The zero-order chi connectivity index (χ0) is 9.80. The van der Waals surface area contributed by atoms with E-state index in [2.05, 4.69) is 5.32 Å². The molecule has 4 heteroatoms. The Morgan fingerprint density at radius 3 is 2.71 bits per heavy atom. The lowest BCUT2D eigenvalue weighted by Crippen LogP contribution is -2.29. The van der Waals surface area contributed by atoms with Gasteiger partial charge in [-0.2, -0.15) is 0 Å². The minimum atomic E-state index is -0.0259. The number of carbonyl (C=O) groups is 1. The highest BCUT2D eigenvalue weighted by Gasteiger charge is 2.26. The van der Waals surface area contributed by atoms with Gasteiger partial charge in [-0.25, -0.2) is 0 Å². The fourth-order valence-corrected chi connectivity index (χ4v) is 1.92. The molecule has 0 aromatic carbocycles. The summed E-state index contributed by atoms with van der Waals surface area (Å²) in [5.74, 6) is 0.0475. The van der Waals surface area contributed by atoms with Gasteiger partial charge in [0.25, 0.3) is 0 Å². The van der Waals surface area contributed by atoms with E-state index < -0.39 is 0 Å². The molecular weight excluding hydrogens is 182 g/mol. The lowest BCUT2D eigenvalue weighted by molar-refractivity contribution is -0.156. The van der Waals surface area contributed by atoms with Crippen LogP contribution in [0.2, 0.25) is 0 Å². The van der Waals surface area contributed by atoms with Gasteiger partial charge in [0.2, 0.25) is 0 Å². The maximum atomic E-state index is 11.6. The highest BCUT2D eigenvalue weighted by Crippen LogP contribution is 2.18. The molecule has 0 amide bonds. The van der Waals surface area contributed by atoms with Crippen molar-refractivity contribution in [1.82, 2.24) is 5.32 Å². The lowest BCUT2D eigenvalue weighted by atomic mass is 10.0. The van der Waals surface area contributed by atoms with E-state index in [1.165, 1.54) is 0 Å². The molecule has 14 heavy (non-hydrogen) atoms. The molecule has 0 saturated carbocycles. The van der Waals surface area contributed by atoms with E-state index in [0.29, 0.717) is 13.2 Å². The summed E-state index contributed by atoms with van der Waals surface area (Å²) in [6.45, 7) is 3.17. The molecule has 2 aliphatic heterocycles. The first-order valence-corrected chi connectivity index (χ1v) is 5.35. The van der Waals surface area contributed by atoms with Crippen molar-refractivity contribution in [2.24, 2.45) is 5.92 Å². The topological polar surface area (TPSA) is 47.6 Å². The number of esters is 1. The molecule has 0 aromatic rings. The van der Waals surface area contributed by atoms with Crippen molar-refractivity contribution in [3.05, 3.63) is 0 Å². The van der Waals surface area contributed by atoms with Crippen LogP contribution in [0.4, 0.5) is 0 Å². The molecule has 4 nitrogen and oxygen atoms in total. The van der Waals surface area contributed by atoms with Crippen LogP contribution in [0, 0.1) is 5.92 Å². The van der Waals surface area contributed by atoms with Gasteiger partial charge < -0.3 is 14.8 Å². The third kappa shape index (κ3) is 2.45. The predicted molar refractivity (Wildman–Crippen MR) is 50.9 cm³/mol. The molecular formula is C10H17NO3. The normalized spacial score (nSPS) is 29.0. The summed E-state index contributed by atoms with van der Waals surface area (Å²) in [4.78, 5) is 11.6. The molecule has 0 aliphatic carbocycles. The van der Waals surface area contributed by atoms with E-state index in [9.17, 15) is 4.79 Å². The Morgan fingerprint density at radius 1 is 1.29 bits per heavy atom. The van der Waals surface area contributed by atoms with Crippen molar-refractivity contribution in [3.63, 3.8) is 0 Å².